The van der Waals surface area contributed by atoms with E-state index in [0.717, 1.165) is 49.5 Å². The Kier molecular flexibility index (Phi) is 4.30. The van der Waals surface area contributed by atoms with Gasteiger partial charge in [0.05, 0.1) is 0 Å². The molecule has 0 fully saturated rings. The number of anilines is 2. The third-order valence-electron chi connectivity index (χ3n) is 5.34. The standard InChI is InChI=1S/C26H20ClNO/c1-16-13-18(14-17(2)25(16)28-20-8-5-7-19(27)15-20)21-10-6-11-23-22-9-3-4-12-24(22)29-26(21)23/h3-15,28H,1-2H3. The van der Waals surface area contributed by atoms with Crippen LogP contribution in [0.25, 0.3) is 33.1 Å². The number of rotatable bonds is 3. The van der Waals surface area contributed by atoms with Crippen molar-refractivity contribution in [2.24, 2.45) is 0 Å². The first-order valence-electron chi connectivity index (χ1n) is 9.64. The van der Waals surface area contributed by atoms with E-state index in [-0.39, 0.29) is 0 Å². The zero-order valence-corrected chi connectivity index (χ0v) is 17.0. The minimum atomic E-state index is 0.721. The minimum absolute atomic E-state index is 0.721. The van der Waals surface area contributed by atoms with E-state index in [1.165, 1.54) is 11.1 Å². The fourth-order valence-corrected chi connectivity index (χ4v) is 4.19. The number of para-hydroxylation sites is 2. The van der Waals surface area contributed by atoms with Gasteiger partial charge in [-0.1, -0.05) is 54.1 Å². The summed E-state index contributed by atoms with van der Waals surface area (Å²) in [5, 5.41) is 6.53. The maximum Gasteiger partial charge on any atom is 0.143 e. The van der Waals surface area contributed by atoms with E-state index in [1.54, 1.807) is 0 Å². The van der Waals surface area contributed by atoms with Crippen molar-refractivity contribution in [1.82, 2.24) is 0 Å². The molecule has 4 aromatic carbocycles. The van der Waals surface area contributed by atoms with E-state index in [9.17, 15) is 0 Å². The summed E-state index contributed by atoms with van der Waals surface area (Å²) in [5.74, 6) is 0. The Morgan fingerprint density at radius 2 is 1.48 bits per heavy atom. The van der Waals surface area contributed by atoms with E-state index < -0.39 is 0 Å². The molecule has 0 aliphatic heterocycles. The molecule has 0 amide bonds. The third kappa shape index (κ3) is 3.16. The summed E-state index contributed by atoms with van der Waals surface area (Å²) in [6.07, 6.45) is 0. The first kappa shape index (κ1) is 17.8. The van der Waals surface area contributed by atoms with Crippen LogP contribution in [0.5, 0.6) is 0 Å². The molecule has 29 heavy (non-hydrogen) atoms. The lowest BCUT2D eigenvalue weighted by atomic mass is 9.97. The fraction of sp³-hybridized carbons (Fsp3) is 0.0769. The largest absolute Gasteiger partial charge is 0.455 e. The van der Waals surface area contributed by atoms with Gasteiger partial charge in [-0.2, -0.15) is 0 Å². The minimum Gasteiger partial charge on any atom is -0.455 e. The number of fused-ring (bicyclic) bond motifs is 3. The van der Waals surface area contributed by atoms with Crippen molar-refractivity contribution < 1.29 is 4.42 Å². The Labute approximate surface area is 174 Å². The number of nitrogens with one attached hydrogen (secondary N) is 1. The van der Waals surface area contributed by atoms with Crippen LogP contribution in [0, 0.1) is 13.8 Å². The van der Waals surface area contributed by atoms with Crippen LogP contribution in [0.1, 0.15) is 11.1 Å². The van der Waals surface area contributed by atoms with Gasteiger partial charge in [0.2, 0.25) is 0 Å². The maximum absolute atomic E-state index is 6.23. The molecule has 0 aliphatic rings. The Bertz CT molecular complexity index is 1340. The van der Waals surface area contributed by atoms with Gasteiger partial charge in [-0.15, -0.1) is 0 Å². The zero-order valence-electron chi connectivity index (χ0n) is 16.3. The topological polar surface area (TPSA) is 25.2 Å². The van der Waals surface area contributed by atoms with Crippen LogP contribution in [-0.2, 0) is 0 Å². The highest BCUT2D eigenvalue weighted by atomic mass is 35.5. The number of halogens is 1. The van der Waals surface area contributed by atoms with E-state index >= 15 is 0 Å². The highest BCUT2D eigenvalue weighted by molar-refractivity contribution is 6.30. The van der Waals surface area contributed by atoms with Crippen molar-refractivity contribution in [2.45, 2.75) is 13.8 Å². The summed E-state index contributed by atoms with van der Waals surface area (Å²) >= 11 is 6.13. The molecule has 0 saturated heterocycles. The number of aryl methyl sites for hydroxylation is 2. The molecule has 0 bridgehead atoms. The number of benzene rings is 4. The van der Waals surface area contributed by atoms with Gasteiger partial charge in [-0.3, -0.25) is 0 Å². The van der Waals surface area contributed by atoms with E-state index in [0.29, 0.717) is 0 Å². The molecular formula is C26H20ClNO. The molecule has 5 rings (SSSR count). The third-order valence-corrected chi connectivity index (χ3v) is 5.58. The Hall–Kier alpha value is -3.23. The first-order valence-corrected chi connectivity index (χ1v) is 10.0. The van der Waals surface area contributed by atoms with Crippen LogP contribution >= 0.6 is 11.6 Å². The predicted octanol–water partition coefficient (Wildman–Crippen LogP) is 8.27. The quantitative estimate of drug-likeness (QED) is 0.331. The molecule has 1 N–H and O–H groups in total. The smallest absolute Gasteiger partial charge is 0.143 e. The summed E-state index contributed by atoms with van der Waals surface area (Å²) in [7, 11) is 0. The van der Waals surface area contributed by atoms with Crippen LogP contribution < -0.4 is 5.32 Å². The molecule has 1 aromatic heterocycles. The summed E-state index contributed by atoms with van der Waals surface area (Å²) in [4.78, 5) is 0. The molecule has 0 unspecified atom stereocenters. The van der Waals surface area contributed by atoms with Gasteiger partial charge in [0.15, 0.2) is 0 Å². The van der Waals surface area contributed by atoms with Gasteiger partial charge in [-0.05, 0) is 66.9 Å². The molecule has 5 aromatic rings. The van der Waals surface area contributed by atoms with E-state index in [1.807, 2.05) is 36.4 Å². The molecule has 3 heteroatoms. The van der Waals surface area contributed by atoms with E-state index in [2.05, 4.69) is 61.6 Å². The van der Waals surface area contributed by atoms with Gasteiger partial charge in [0.1, 0.15) is 11.2 Å². The molecule has 2 nitrogen and oxygen atoms in total. The van der Waals surface area contributed by atoms with Crippen LogP contribution in [0.15, 0.2) is 83.3 Å². The molecule has 1 heterocycles. The van der Waals surface area contributed by atoms with E-state index in [4.69, 9.17) is 16.0 Å². The monoisotopic (exact) mass is 397 g/mol. The van der Waals surface area contributed by atoms with Gasteiger partial charge < -0.3 is 9.73 Å². The van der Waals surface area contributed by atoms with Crippen LogP contribution in [0.2, 0.25) is 5.02 Å². The SMILES string of the molecule is Cc1cc(-c2cccc3c2oc2ccccc23)cc(C)c1Nc1cccc(Cl)c1. The molecule has 0 spiro atoms. The number of hydrogen-bond donors (Lipinski definition) is 1. The Morgan fingerprint density at radius 3 is 2.28 bits per heavy atom. The summed E-state index contributed by atoms with van der Waals surface area (Å²) in [5.41, 5.74) is 8.55. The zero-order chi connectivity index (χ0) is 20.0. The van der Waals surface area contributed by atoms with Crippen molar-refractivity contribution >= 4 is 44.9 Å². The van der Waals surface area contributed by atoms with Gasteiger partial charge in [-0.25, -0.2) is 0 Å². The fourth-order valence-electron chi connectivity index (χ4n) is 4.00. The summed E-state index contributed by atoms with van der Waals surface area (Å²) in [6.45, 7) is 4.25. The second kappa shape index (κ2) is 6.98. The second-order valence-corrected chi connectivity index (χ2v) is 7.84. The van der Waals surface area contributed by atoms with Crippen molar-refractivity contribution in [2.75, 3.05) is 5.32 Å². The van der Waals surface area contributed by atoms with Crippen LogP contribution in [0.3, 0.4) is 0 Å². The highest BCUT2D eigenvalue weighted by Gasteiger charge is 2.14. The Balaban J connectivity index is 1.62. The van der Waals surface area contributed by atoms with Crippen molar-refractivity contribution in [3.05, 3.63) is 95.0 Å². The van der Waals surface area contributed by atoms with Crippen molar-refractivity contribution in [3.8, 4) is 11.1 Å². The van der Waals surface area contributed by atoms with Gasteiger partial charge in [0, 0.05) is 32.7 Å². The second-order valence-electron chi connectivity index (χ2n) is 7.40. The summed E-state index contributed by atoms with van der Waals surface area (Å²) in [6, 6.07) is 26.7. The molecule has 0 radical (unpaired) electrons. The maximum atomic E-state index is 6.23. The molecule has 0 aliphatic carbocycles. The highest BCUT2D eigenvalue weighted by Crippen LogP contribution is 2.38. The van der Waals surface area contributed by atoms with Gasteiger partial charge in [0.25, 0.3) is 0 Å². The van der Waals surface area contributed by atoms with Gasteiger partial charge >= 0.3 is 0 Å². The Morgan fingerprint density at radius 1 is 0.759 bits per heavy atom. The molecule has 0 saturated carbocycles. The van der Waals surface area contributed by atoms with Crippen molar-refractivity contribution in [1.29, 1.82) is 0 Å². The number of furan rings is 1. The normalized spacial score (nSPS) is 11.3. The lowest BCUT2D eigenvalue weighted by Gasteiger charge is -2.15. The average Bonchev–Trinajstić information content (AvgIpc) is 3.09. The number of hydrogen-bond acceptors (Lipinski definition) is 2. The van der Waals surface area contributed by atoms with Crippen LogP contribution in [0.4, 0.5) is 11.4 Å². The predicted molar refractivity (Wildman–Crippen MR) is 123 cm³/mol. The average molecular weight is 398 g/mol. The summed E-state index contributed by atoms with van der Waals surface area (Å²) < 4.78 is 6.23. The molecule has 142 valence electrons. The lowest BCUT2D eigenvalue weighted by Crippen LogP contribution is -1.97. The lowest BCUT2D eigenvalue weighted by molar-refractivity contribution is 0.670. The molecular weight excluding hydrogens is 378 g/mol. The van der Waals surface area contributed by atoms with Crippen molar-refractivity contribution in [3.63, 3.8) is 0 Å². The molecule has 0 atom stereocenters. The first-order chi connectivity index (χ1) is 14.1. The van der Waals surface area contributed by atoms with Crippen LogP contribution in [-0.4, -0.2) is 0 Å².